The zero-order valence-electron chi connectivity index (χ0n) is 7.93. The van der Waals surface area contributed by atoms with E-state index in [0.29, 0.717) is 15.9 Å². The first-order valence-corrected chi connectivity index (χ1v) is 5.02. The summed E-state index contributed by atoms with van der Waals surface area (Å²) in [6.07, 6.45) is 4.78. The Morgan fingerprint density at radius 3 is 2.80 bits per heavy atom. The van der Waals surface area contributed by atoms with Crippen LogP contribution in [0.15, 0.2) is 28.8 Å². The van der Waals surface area contributed by atoms with E-state index in [4.69, 9.17) is 5.26 Å². The third-order valence-corrected chi connectivity index (χ3v) is 2.54. The Morgan fingerprint density at radius 2 is 2.13 bits per heavy atom. The Labute approximate surface area is 90.6 Å². The van der Waals surface area contributed by atoms with Crippen LogP contribution in [0.1, 0.15) is 11.4 Å². The van der Waals surface area contributed by atoms with Crippen molar-refractivity contribution in [3.63, 3.8) is 0 Å². The molecular formula is C9H7N5S. The lowest BCUT2D eigenvalue weighted by atomic mass is 10.5. The molecule has 0 saturated heterocycles. The van der Waals surface area contributed by atoms with Gasteiger partial charge in [-0.25, -0.2) is 15.0 Å². The maximum atomic E-state index is 8.81. The minimum atomic E-state index is 0.316. The first kappa shape index (κ1) is 9.68. The van der Waals surface area contributed by atoms with Crippen molar-refractivity contribution in [2.45, 2.75) is 17.1 Å². The van der Waals surface area contributed by atoms with Crippen molar-refractivity contribution in [2.24, 2.45) is 0 Å². The van der Waals surface area contributed by atoms with Gasteiger partial charge in [0.15, 0.2) is 10.9 Å². The highest BCUT2D eigenvalue weighted by atomic mass is 32.2. The maximum absolute atomic E-state index is 8.81. The quantitative estimate of drug-likeness (QED) is 0.825. The van der Waals surface area contributed by atoms with Crippen LogP contribution < -0.4 is 0 Å². The first-order valence-electron chi connectivity index (χ1n) is 4.20. The summed E-state index contributed by atoms with van der Waals surface area (Å²) >= 11 is 1.30. The van der Waals surface area contributed by atoms with Gasteiger partial charge in [0.25, 0.3) is 0 Å². The molecule has 2 rings (SSSR count). The molecule has 0 aliphatic heterocycles. The largest absolute Gasteiger partial charge is 0.337 e. The molecule has 0 aliphatic rings. The number of imidazole rings is 1. The number of nitrogens with zero attached hydrogens (tertiary/aromatic N) is 4. The van der Waals surface area contributed by atoms with Gasteiger partial charge in [0, 0.05) is 24.3 Å². The van der Waals surface area contributed by atoms with E-state index in [1.54, 1.807) is 12.4 Å². The molecule has 2 aromatic rings. The summed E-state index contributed by atoms with van der Waals surface area (Å²) in [6, 6.07) is 1.99. The maximum Gasteiger partial charge on any atom is 0.173 e. The minimum Gasteiger partial charge on any atom is -0.337 e. The van der Waals surface area contributed by atoms with E-state index in [-0.39, 0.29) is 0 Å². The molecule has 0 aliphatic carbocycles. The van der Waals surface area contributed by atoms with Crippen molar-refractivity contribution in [3.8, 4) is 6.07 Å². The lowest BCUT2D eigenvalue weighted by Gasteiger charge is -1.97. The number of hydrogen-bond acceptors (Lipinski definition) is 5. The second-order valence-electron chi connectivity index (χ2n) is 2.80. The van der Waals surface area contributed by atoms with E-state index in [2.05, 4.69) is 19.9 Å². The SMILES string of the molecule is Cc1cnc(Sc2nccnc2C#N)[nH]1. The predicted molar refractivity (Wildman–Crippen MR) is 54.2 cm³/mol. The fourth-order valence-corrected chi connectivity index (χ4v) is 1.82. The van der Waals surface area contributed by atoms with Crippen LogP contribution in [0, 0.1) is 18.3 Å². The Balaban J connectivity index is 2.28. The van der Waals surface area contributed by atoms with E-state index in [0.717, 1.165) is 5.69 Å². The number of H-pyrrole nitrogens is 1. The van der Waals surface area contributed by atoms with E-state index in [9.17, 15) is 0 Å². The molecule has 1 N–H and O–H groups in total. The van der Waals surface area contributed by atoms with E-state index < -0.39 is 0 Å². The summed E-state index contributed by atoms with van der Waals surface area (Å²) in [5, 5.41) is 10.1. The Morgan fingerprint density at radius 1 is 1.33 bits per heavy atom. The second-order valence-corrected chi connectivity index (χ2v) is 3.77. The van der Waals surface area contributed by atoms with E-state index in [1.165, 1.54) is 18.0 Å². The van der Waals surface area contributed by atoms with Crippen LogP contribution in [0.2, 0.25) is 0 Å². The average Bonchev–Trinajstić information content (AvgIpc) is 2.65. The molecule has 15 heavy (non-hydrogen) atoms. The molecule has 2 aromatic heterocycles. The minimum absolute atomic E-state index is 0.316. The summed E-state index contributed by atoms with van der Waals surface area (Å²) in [5.41, 5.74) is 1.29. The van der Waals surface area contributed by atoms with Crippen molar-refractivity contribution >= 4 is 11.8 Å². The molecule has 74 valence electrons. The lowest BCUT2D eigenvalue weighted by Crippen LogP contribution is -1.90. The van der Waals surface area contributed by atoms with Gasteiger partial charge in [0.05, 0.1) is 0 Å². The molecule has 0 saturated carbocycles. The highest BCUT2D eigenvalue weighted by molar-refractivity contribution is 7.99. The topological polar surface area (TPSA) is 78.2 Å². The average molecular weight is 217 g/mol. The van der Waals surface area contributed by atoms with Crippen LogP contribution in [0.5, 0.6) is 0 Å². The summed E-state index contributed by atoms with van der Waals surface area (Å²) in [5.74, 6) is 0. The zero-order chi connectivity index (χ0) is 10.7. The van der Waals surface area contributed by atoms with Crippen LogP contribution in [0.3, 0.4) is 0 Å². The Kier molecular flexibility index (Phi) is 2.65. The number of aromatic nitrogens is 4. The molecule has 0 atom stereocenters. The highest BCUT2D eigenvalue weighted by Crippen LogP contribution is 2.24. The van der Waals surface area contributed by atoms with Gasteiger partial charge in [0.2, 0.25) is 0 Å². The highest BCUT2D eigenvalue weighted by Gasteiger charge is 2.07. The summed E-state index contributed by atoms with van der Waals surface area (Å²) in [4.78, 5) is 15.2. The van der Waals surface area contributed by atoms with Crippen molar-refractivity contribution in [2.75, 3.05) is 0 Å². The van der Waals surface area contributed by atoms with Crippen LogP contribution in [0.25, 0.3) is 0 Å². The van der Waals surface area contributed by atoms with E-state index >= 15 is 0 Å². The van der Waals surface area contributed by atoms with Gasteiger partial charge < -0.3 is 4.98 Å². The first-order chi connectivity index (χ1) is 7.29. The summed E-state index contributed by atoms with van der Waals surface area (Å²) < 4.78 is 0. The van der Waals surface area contributed by atoms with Crippen LogP contribution in [-0.4, -0.2) is 19.9 Å². The van der Waals surface area contributed by atoms with Crippen molar-refractivity contribution in [1.82, 2.24) is 19.9 Å². The molecule has 5 nitrogen and oxygen atoms in total. The Hall–Kier alpha value is -1.87. The number of hydrogen-bond donors (Lipinski definition) is 1. The van der Waals surface area contributed by atoms with Gasteiger partial charge in [-0.05, 0) is 18.7 Å². The van der Waals surface area contributed by atoms with Crippen molar-refractivity contribution in [1.29, 1.82) is 5.26 Å². The molecule has 0 radical (unpaired) electrons. The molecule has 0 fully saturated rings. The van der Waals surface area contributed by atoms with Gasteiger partial charge in [-0.1, -0.05) is 0 Å². The number of nitriles is 1. The fraction of sp³-hybridized carbons (Fsp3) is 0.111. The summed E-state index contributed by atoms with van der Waals surface area (Å²) in [6.45, 7) is 1.92. The standard InChI is InChI=1S/C9H7N5S/c1-6-5-13-9(14-6)15-8-7(4-10)11-2-3-12-8/h2-3,5H,1H3,(H,13,14). The van der Waals surface area contributed by atoms with Crippen molar-refractivity contribution < 1.29 is 0 Å². The molecule has 0 bridgehead atoms. The van der Waals surface area contributed by atoms with Crippen LogP contribution >= 0.6 is 11.8 Å². The third-order valence-electron chi connectivity index (χ3n) is 1.64. The van der Waals surface area contributed by atoms with Crippen LogP contribution in [-0.2, 0) is 0 Å². The lowest BCUT2D eigenvalue weighted by molar-refractivity contribution is 0.994. The number of nitrogens with one attached hydrogen (secondary N) is 1. The molecule has 0 aromatic carbocycles. The Bertz CT molecular complexity index is 513. The normalized spacial score (nSPS) is 9.87. The number of rotatable bonds is 2. The number of aromatic amines is 1. The predicted octanol–water partition coefficient (Wildman–Crippen LogP) is 1.53. The van der Waals surface area contributed by atoms with E-state index in [1.807, 2.05) is 13.0 Å². The van der Waals surface area contributed by atoms with Gasteiger partial charge in [-0.3, -0.25) is 0 Å². The molecule has 0 amide bonds. The van der Waals surface area contributed by atoms with Crippen molar-refractivity contribution in [3.05, 3.63) is 30.0 Å². The molecule has 6 heteroatoms. The van der Waals surface area contributed by atoms with Crippen LogP contribution in [0.4, 0.5) is 0 Å². The fourth-order valence-electron chi connectivity index (χ4n) is 1.01. The summed E-state index contributed by atoms with van der Waals surface area (Å²) in [7, 11) is 0. The van der Waals surface area contributed by atoms with Gasteiger partial charge in [-0.15, -0.1) is 0 Å². The molecular weight excluding hydrogens is 210 g/mol. The third kappa shape index (κ3) is 2.14. The van der Waals surface area contributed by atoms with Gasteiger partial charge in [-0.2, -0.15) is 5.26 Å². The molecule has 0 spiro atoms. The van der Waals surface area contributed by atoms with Gasteiger partial charge in [0.1, 0.15) is 11.1 Å². The smallest absolute Gasteiger partial charge is 0.173 e. The monoisotopic (exact) mass is 217 g/mol. The molecule has 0 unspecified atom stereocenters. The number of aryl methyl sites for hydroxylation is 1. The zero-order valence-corrected chi connectivity index (χ0v) is 8.75. The second kappa shape index (κ2) is 4.11. The van der Waals surface area contributed by atoms with Gasteiger partial charge >= 0.3 is 0 Å². The molecule has 2 heterocycles.